The lowest BCUT2D eigenvalue weighted by molar-refractivity contribution is -0.149. The van der Waals surface area contributed by atoms with Crippen LogP contribution >= 0.6 is 39.9 Å². The van der Waals surface area contributed by atoms with Gasteiger partial charge in [0.25, 0.3) is 0 Å². The average molecular weight is 567 g/mol. The number of likely N-dealkylation sites (tertiary alicyclic amines) is 1. The molecular weight excluding hydrogens is 539 g/mol. The van der Waals surface area contributed by atoms with E-state index >= 15 is 0 Å². The molecule has 28 heavy (non-hydrogen) atoms. The molecule has 0 saturated carbocycles. The van der Waals surface area contributed by atoms with E-state index in [4.69, 9.17) is 4.74 Å². The molecule has 156 valence electrons. The van der Waals surface area contributed by atoms with E-state index in [0.717, 1.165) is 35.1 Å². The largest absolute Gasteiger partial charge is 0.466 e. The third-order valence-corrected chi connectivity index (χ3v) is 4.93. The lowest BCUT2D eigenvalue weighted by atomic mass is 9.98. The van der Waals surface area contributed by atoms with Crippen LogP contribution in [0, 0.1) is 12.8 Å². The first-order chi connectivity index (χ1) is 12.9. The Bertz CT molecular complexity index is 714. The molecule has 1 saturated heterocycles. The number of halogens is 2. The number of hydrogen-bond acceptors (Lipinski definition) is 4. The van der Waals surface area contributed by atoms with Gasteiger partial charge in [-0.05, 0) is 44.4 Å². The lowest BCUT2D eigenvalue weighted by Gasteiger charge is -2.33. The van der Waals surface area contributed by atoms with Crippen molar-refractivity contribution in [3.05, 3.63) is 28.2 Å². The van der Waals surface area contributed by atoms with E-state index in [2.05, 4.69) is 31.6 Å². The number of amides is 1. The van der Waals surface area contributed by atoms with Gasteiger partial charge in [-0.25, -0.2) is 0 Å². The third-order valence-electron chi connectivity index (χ3n) is 4.43. The van der Waals surface area contributed by atoms with Crippen molar-refractivity contribution in [3.8, 4) is 0 Å². The molecule has 0 bridgehead atoms. The number of carbonyl (C=O) groups excluding carboxylic acids is 2. The molecule has 0 radical (unpaired) electrons. The van der Waals surface area contributed by atoms with E-state index in [9.17, 15) is 9.59 Å². The maximum absolute atomic E-state index is 12.3. The summed E-state index contributed by atoms with van der Waals surface area (Å²) >= 11 is 3.41. The molecule has 1 aliphatic heterocycles. The molecule has 1 heterocycles. The van der Waals surface area contributed by atoms with Gasteiger partial charge in [0.2, 0.25) is 5.91 Å². The zero-order valence-electron chi connectivity index (χ0n) is 16.5. The summed E-state index contributed by atoms with van der Waals surface area (Å²) in [6.45, 7) is 5.58. The number of nitrogens with one attached hydrogen (secondary N) is 2. The molecule has 0 aromatic heterocycles. The number of guanidine groups is 1. The van der Waals surface area contributed by atoms with Crippen molar-refractivity contribution < 1.29 is 14.3 Å². The molecule has 1 aromatic rings. The average Bonchev–Trinajstić information content (AvgIpc) is 2.65. The number of benzene rings is 1. The van der Waals surface area contributed by atoms with Crippen LogP contribution in [0.5, 0.6) is 0 Å². The highest BCUT2D eigenvalue weighted by molar-refractivity contribution is 14.0. The third kappa shape index (κ3) is 7.23. The second kappa shape index (κ2) is 12.3. The van der Waals surface area contributed by atoms with Crippen LogP contribution in [0.2, 0.25) is 0 Å². The van der Waals surface area contributed by atoms with Crippen LogP contribution in [-0.2, 0) is 14.3 Å². The van der Waals surface area contributed by atoms with Gasteiger partial charge in [-0.15, -0.1) is 24.0 Å². The Labute approximate surface area is 191 Å². The van der Waals surface area contributed by atoms with Crippen molar-refractivity contribution in [2.45, 2.75) is 26.7 Å². The van der Waals surface area contributed by atoms with Crippen molar-refractivity contribution in [1.82, 2.24) is 10.2 Å². The van der Waals surface area contributed by atoms with Crippen molar-refractivity contribution in [2.75, 3.05) is 38.6 Å². The van der Waals surface area contributed by atoms with Crippen LogP contribution in [0.15, 0.2) is 27.7 Å². The summed E-state index contributed by atoms with van der Waals surface area (Å²) in [5.74, 6) is 0.136. The first-order valence-electron chi connectivity index (χ1n) is 9.12. The Hall–Kier alpha value is -1.36. The number of piperidine rings is 1. The first kappa shape index (κ1) is 24.7. The Morgan fingerprint density at radius 1 is 1.39 bits per heavy atom. The fraction of sp³-hybridized carbons (Fsp3) is 0.526. The van der Waals surface area contributed by atoms with Crippen molar-refractivity contribution >= 4 is 63.4 Å². The minimum Gasteiger partial charge on any atom is -0.466 e. The van der Waals surface area contributed by atoms with E-state index in [-0.39, 0.29) is 48.3 Å². The normalized spacial score (nSPS) is 16.8. The van der Waals surface area contributed by atoms with Crippen molar-refractivity contribution in [2.24, 2.45) is 10.9 Å². The standard InChI is InChI=1S/C19H27BrN4O3.HI/c1-4-27-18(26)14-6-5-9-24(12-14)19(21-3)22-11-17(25)23-16-10-15(20)8-7-13(16)2;/h7-8,10,14H,4-6,9,11-12H2,1-3H3,(H,21,22)(H,23,25);1H. The number of aryl methyl sites for hydroxylation is 1. The molecule has 1 unspecified atom stereocenters. The van der Waals surface area contributed by atoms with Gasteiger partial charge in [-0.3, -0.25) is 14.6 Å². The maximum atomic E-state index is 12.3. The maximum Gasteiger partial charge on any atom is 0.310 e. The Morgan fingerprint density at radius 3 is 2.82 bits per heavy atom. The fourth-order valence-corrected chi connectivity index (χ4v) is 3.40. The number of esters is 1. The number of carbonyl (C=O) groups is 2. The summed E-state index contributed by atoms with van der Waals surface area (Å²) in [4.78, 5) is 30.6. The van der Waals surface area contributed by atoms with E-state index in [1.54, 1.807) is 7.05 Å². The van der Waals surface area contributed by atoms with E-state index in [0.29, 0.717) is 19.1 Å². The minimum atomic E-state index is -0.166. The summed E-state index contributed by atoms with van der Waals surface area (Å²) in [7, 11) is 1.67. The van der Waals surface area contributed by atoms with Crippen LogP contribution < -0.4 is 10.6 Å². The highest BCUT2D eigenvalue weighted by Gasteiger charge is 2.28. The molecule has 1 aromatic carbocycles. The molecule has 0 spiro atoms. The SMILES string of the molecule is CCOC(=O)C1CCCN(C(=NC)NCC(=O)Nc2cc(Br)ccc2C)C1.I. The smallest absolute Gasteiger partial charge is 0.310 e. The van der Waals surface area contributed by atoms with E-state index in [1.165, 1.54) is 0 Å². The van der Waals surface area contributed by atoms with Crippen LogP contribution in [-0.4, -0.2) is 56.0 Å². The van der Waals surface area contributed by atoms with Gasteiger partial charge in [0.15, 0.2) is 5.96 Å². The zero-order chi connectivity index (χ0) is 19.8. The van der Waals surface area contributed by atoms with Gasteiger partial charge in [-0.2, -0.15) is 0 Å². The van der Waals surface area contributed by atoms with Crippen LogP contribution in [0.25, 0.3) is 0 Å². The second-order valence-corrected chi connectivity index (χ2v) is 7.36. The highest BCUT2D eigenvalue weighted by Crippen LogP contribution is 2.20. The fourth-order valence-electron chi connectivity index (χ4n) is 3.04. The summed E-state index contributed by atoms with van der Waals surface area (Å²) in [6.07, 6.45) is 1.70. The molecule has 1 aliphatic rings. The highest BCUT2D eigenvalue weighted by atomic mass is 127. The second-order valence-electron chi connectivity index (χ2n) is 6.45. The number of ether oxygens (including phenoxy) is 1. The quantitative estimate of drug-likeness (QED) is 0.248. The summed E-state index contributed by atoms with van der Waals surface area (Å²) < 4.78 is 6.04. The predicted molar refractivity (Wildman–Crippen MR) is 125 cm³/mol. The Morgan fingerprint density at radius 2 is 2.14 bits per heavy atom. The zero-order valence-corrected chi connectivity index (χ0v) is 20.4. The van der Waals surface area contributed by atoms with Crippen LogP contribution in [0.4, 0.5) is 5.69 Å². The topological polar surface area (TPSA) is 83.0 Å². The monoisotopic (exact) mass is 566 g/mol. The molecule has 2 N–H and O–H groups in total. The van der Waals surface area contributed by atoms with Gasteiger partial charge in [-0.1, -0.05) is 22.0 Å². The van der Waals surface area contributed by atoms with Gasteiger partial charge in [0, 0.05) is 30.3 Å². The van der Waals surface area contributed by atoms with Crippen molar-refractivity contribution in [3.63, 3.8) is 0 Å². The number of anilines is 1. The molecule has 1 fully saturated rings. The molecular formula is C19H28BrIN4O3. The Kier molecular flexibility index (Phi) is 10.8. The Balaban J connectivity index is 0.00000392. The van der Waals surface area contributed by atoms with Gasteiger partial charge < -0.3 is 20.3 Å². The molecule has 0 aliphatic carbocycles. The molecule has 1 atom stereocenters. The number of rotatable bonds is 5. The minimum absolute atomic E-state index is 0. The molecule has 7 nitrogen and oxygen atoms in total. The van der Waals surface area contributed by atoms with Gasteiger partial charge in [0.1, 0.15) is 0 Å². The van der Waals surface area contributed by atoms with Gasteiger partial charge in [0.05, 0.1) is 19.1 Å². The van der Waals surface area contributed by atoms with Crippen LogP contribution in [0.1, 0.15) is 25.3 Å². The van der Waals surface area contributed by atoms with Gasteiger partial charge >= 0.3 is 5.97 Å². The van der Waals surface area contributed by atoms with Crippen molar-refractivity contribution in [1.29, 1.82) is 0 Å². The lowest BCUT2D eigenvalue weighted by Crippen LogP contribution is -2.49. The van der Waals surface area contributed by atoms with E-state index < -0.39 is 0 Å². The summed E-state index contributed by atoms with van der Waals surface area (Å²) in [5, 5.41) is 5.98. The predicted octanol–water partition coefficient (Wildman–Crippen LogP) is 3.16. The van der Waals surface area contributed by atoms with Crippen LogP contribution in [0.3, 0.4) is 0 Å². The molecule has 2 rings (SSSR count). The summed E-state index contributed by atoms with van der Waals surface area (Å²) in [6, 6.07) is 5.74. The molecule has 1 amide bonds. The first-order valence-corrected chi connectivity index (χ1v) is 9.92. The van der Waals surface area contributed by atoms with E-state index in [1.807, 2.05) is 36.9 Å². The number of hydrogen-bond donors (Lipinski definition) is 2. The molecule has 9 heteroatoms. The number of nitrogens with zero attached hydrogens (tertiary/aromatic N) is 2. The summed E-state index contributed by atoms with van der Waals surface area (Å²) in [5.41, 5.74) is 1.76. The number of aliphatic imine (C=N–C) groups is 1.